The number of aliphatic hydroxyl groups excluding tert-OH is 1. The van der Waals surface area contributed by atoms with Gasteiger partial charge in [0.1, 0.15) is 6.26 Å². The van der Waals surface area contributed by atoms with Gasteiger partial charge in [-0.15, -0.1) is 0 Å². The molecule has 0 fully saturated rings. The standard InChI is InChI=1S/C19H15NO6/c1-2-20-14-5-3-10(16-9-25-19(24)26-16)7-12(14)13-8-11(4-6-15(13)20)17(21)18(22)23/h3-9,18,22-23H,2H2,1H3. The average molecular weight is 353 g/mol. The van der Waals surface area contributed by atoms with Crippen LogP contribution in [0.4, 0.5) is 0 Å². The van der Waals surface area contributed by atoms with Crippen LogP contribution in [-0.4, -0.2) is 26.9 Å². The van der Waals surface area contributed by atoms with Gasteiger partial charge in [-0.1, -0.05) is 0 Å². The van der Waals surface area contributed by atoms with E-state index < -0.39 is 17.9 Å². The van der Waals surface area contributed by atoms with Gasteiger partial charge in [0.25, 0.3) is 0 Å². The predicted molar refractivity (Wildman–Crippen MR) is 93.9 cm³/mol. The molecule has 0 bridgehead atoms. The number of aryl methyl sites for hydroxylation is 1. The third kappa shape index (κ3) is 2.45. The highest BCUT2D eigenvalue weighted by atomic mass is 16.6. The van der Waals surface area contributed by atoms with E-state index in [1.165, 1.54) is 6.26 Å². The minimum Gasteiger partial charge on any atom is -0.399 e. The Labute approximate surface area is 146 Å². The number of carbonyl (C=O) groups is 1. The Balaban J connectivity index is 2.01. The third-order valence-electron chi connectivity index (χ3n) is 4.44. The van der Waals surface area contributed by atoms with Gasteiger partial charge in [-0.2, -0.15) is 0 Å². The summed E-state index contributed by atoms with van der Waals surface area (Å²) in [5.74, 6) is -1.23. The second-order valence-electron chi connectivity index (χ2n) is 5.90. The van der Waals surface area contributed by atoms with E-state index >= 15 is 0 Å². The molecule has 7 heteroatoms. The zero-order chi connectivity index (χ0) is 18.4. The smallest absolute Gasteiger partial charge is 0.399 e. The lowest BCUT2D eigenvalue weighted by molar-refractivity contribution is -0.0195. The summed E-state index contributed by atoms with van der Waals surface area (Å²) in [6, 6.07) is 10.6. The van der Waals surface area contributed by atoms with E-state index in [0.717, 1.165) is 28.4 Å². The fourth-order valence-corrected chi connectivity index (χ4v) is 3.27. The van der Waals surface area contributed by atoms with Crippen molar-refractivity contribution in [2.75, 3.05) is 0 Å². The van der Waals surface area contributed by atoms with Gasteiger partial charge in [-0.05, 0) is 43.3 Å². The summed E-state index contributed by atoms with van der Waals surface area (Å²) < 4.78 is 11.8. The molecule has 0 saturated carbocycles. The van der Waals surface area contributed by atoms with Crippen molar-refractivity contribution in [3.8, 4) is 11.3 Å². The molecule has 2 aromatic carbocycles. The molecular formula is C19H15NO6. The lowest BCUT2D eigenvalue weighted by atomic mass is 10.0. The maximum atomic E-state index is 11.9. The first-order valence-electron chi connectivity index (χ1n) is 8.05. The fourth-order valence-electron chi connectivity index (χ4n) is 3.27. The monoisotopic (exact) mass is 353 g/mol. The summed E-state index contributed by atoms with van der Waals surface area (Å²) in [5, 5.41) is 20.0. The maximum Gasteiger partial charge on any atom is 0.519 e. The molecule has 0 aliphatic rings. The van der Waals surface area contributed by atoms with Crippen molar-refractivity contribution >= 4 is 27.6 Å². The van der Waals surface area contributed by atoms with Crippen LogP contribution in [0.2, 0.25) is 0 Å². The van der Waals surface area contributed by atoms with E-state index in [2.05, 4.69) is 4.57 Å². The number of aromatic nitrogens is 1. The molecule has 2 aromatic heterocycles. The van der Waals surface area contributed by atoms with Crippen LogP contribution in [0, 0.1) is 0 Å². The Morgan fingerprint density at radius 2 is 1.81 bits per heavy atom. The molecular weight excluding hydrogens is 338 g/mol. The number of Topliss-reactive ketones (excluding diaryl/α,β-unsaturated/α-hetero) is 1. The van der Waals surface area contributed by atoms with E-state index in [1.54, 1.807) is 18.2 Å². The molecule has 132 valence electrons. The number of fused-ring (bicyclic) bond motifs is 3. The van der Waals surface area contributed by atoms with Crippen LogP contribution in [0.1, 0.15) is 17.3 Å². The molecule has 0 amide bonds. The number of nitrogens with zero attached hydrogens (tertiary/aromatic N) is 1. The van der Waals surface area contributed by atoms with Gasteiger partial charge in [0.2, 0.25) is 12.1 Å². The number of rotatable bonds is 4. The first kappa shape index (κ1) is 16.3. The normalized spacial score (nSPS) is 11.7. The van der Waals surface area contributed by atoms with Gasteiger partial charge < -0.3 is 23.6 Å². The Hall–Kier alpha value is -3.16. The molecule has 0 saturated heterocycles. The molecule has 26 heavy (non-hydrogen) atoms. The molecule has 2 heterocycles. The first-order valence-corrected chi connectivity index (χ1v) is 8.05. The van der Waals surface area contributed by atoms with Crippen LogP contribution in [-0.2, 0) is 6.54 Å². The maximum absolute atomic E-state index is 11.9. The summed E-state index contributed by atoms with van der Waals surface area (Å²) >= 11 is 0. The summed E-state index contributed by atoms with van der Waals surface area (Å²) in [4.78, 5) is 23.1. The van der Waals surface area contributed by atoms with Gasteiger partial charge in [-0.25, -0.2) is 4.79 Å². The van der Waals surface area contributed by atoms with Crippen molar-refractivity contribution in [1.29, 1.82) is 0 Å². The predicted octanol–water partition coefficient (Wildman–Crippen LogP) is 2.52. The largest absolute Gasteiger partial charge is 0.519 e. The highest BCUT2D eigenvalue weighted by molar-refractivity contribution is 6.12. The third-order valence-corrected chi connectivity index (χ3v) is 4.44. The summed E-state index contributed by atoms with van der Waals surface area (Å²) in [6.45, 7) is 2.73. The molecule has 4 aromatic rings. The minimum absolute atomic E-state index is 0.211. The summed E-state index contributed by atoms with van der Waals surface area (Å²) in [5.41, 5.74) is 2.74. The molecule has 7 nitrogen and oxygen atoms in total. The van der Waals surface area contributed by atoms with Crippen molar-refractivity contribution in [1.82, 2.24) is 4.57 Å². The number of hydrogen-bond donors (Lipinski definition) is 2. The van der Waals surface area contributed by atoms with E-state index in [-0.39, 0.29) is 5.56 Å². The number of carbonyl (C=O) groups excluding carboxylic acids is 1. The van der Waals surface area contributed by atoms with Crippen LogP contribution < -0.4 is 5.82 Å². The van der Waals surface area contributed by atoms with Gasteiger partial charge in [0.05, 0.1) is 0 Å². The van der Waals surface area contributed by atoms with E-state index in [4.69, 9.17) is 19.0 Å². The molecule has 0 atom stereocenters. The number of ketones is 1. The zero-order valence-electron chi connectivity index (χ0n) is 13.8. The average Bonchev–Trinajstić information content (AvgIpc) is 3.21. The summed E-state index contributed by atoms with van der Waals surface area (Å²) in [6.07, 6.45) is -0.803. The zero-order valence-corrected chi connectivity index (χ0v) is 13.8. The van der Waals surface area contributed by atoms with E-state index in [0.29, 0.717) is 11.3 Å². The molecule has 0 spiro atoms. The van der Waals surface area contributed by atoms with Crippen molar-refractivity contribution in [3.05, 3.63) is 58.8 Å². The molecule has 2 N–H and O–H groups in total. The second kappa shape index (κ2) is 5.98. The highest BCUT2D eigenvalue weighted by Gasteiger charge is 2.18. The number of aliphatic hydroxyl groups is 2. The fraction of sp³-hybridized carbons (Fsp3) is 0.158. The van der Waals surface area contributed by atoms with Crippen LogP contribution in [0.15, 0.2) is 56.3 Å². The Bertz CT molecular complexity index is 1190. The van der Waals surface area contributed by atoms with E-state index in [1.807, 2.05) is 25.1 Å². The Kier molecular flexibility index (Phi) is 3.75. The van der Waals surface area contributed by atoms with Crippen molar-refractivity contribution in [3.63, 3.8) is 0 Å². The summed E-state index contributed by atoms with van der Waals surface area (Å²) in [7, 11) is 0. The quantitative estimate of drug-likeness (QED) is 0.431. The van der Waals surface area contributed by atoms with Crippen LogP contribution >= 0.6 is 0 Å². The molecule has 0 aliphatic heterocycles. The topological polar surface area (TPSA) is 106 Å². The lowest BCUT2D eigenvalue weighted by Crippen LogP contribution is -2.19. The van der Waals surface area contributed by atoms with Gasteiger partial charge >= 0.3 is 5.82 Å². The molecule has 4 rings (SSSR count). The Morgan fingerprint density at radius 3 is 2.42 bits per heavy atom. The SMILES string of the molecule is CCn1c2ccc(C(=O)C(O)O)cc2c2cc(-c3coc(=O)o3)ccc21. The molecule has 0 radical (unpaired) electrons. The van der Waals surface area contributed by atoms with Gasteiger partial charge in [-0.3, -0.25) is 4.79 Å². The lowest BCUT2D eigenvalue weighted by Gasteiger charge is -2.05. The molecule has 0 unspecified atom stereocenters. The second-order valence-corrected chi connectivity index (χ2v) is 5.90. The van der Waals surface area contributed by atoms with Gasteiger partial charge in [0, 0.05) is 39.5 Å². The van der Waals surface area contributed by atoms with E-state index in [9.17, 15) is 9.59 Å². The molecule has 0 aliphatic carbocycles. The van der Waals surface area contributed by atoms with Gasteiger partial charge in [0.15, 0.2) is 5.76 Å². The Morgan fingerprint density at radius 1 is 1.12 bits per heavy atom. The minimum atomic E-state index is -2.05. The first-order chi connectivity index (χ1) is 12.5. The van der Waals surface area contributed by atoms with Crippen molar-refractivity contribution in [2.45, 2.75) is 19.8 Å². The number of benzene rings is 2. The number of hydrogen-bond acceptors (Lipinski definition) is 6. The van der Waals surface area contributed by atoms with Crippen LogP contribution in [0.5, 0.6) is 0 Å². The van der Waals surface area contributed by atoms with Crippen LogP contribution in [0.3, 0.4) is 0 Å². The van der Waals surface area contributed by atoms with Crippen molar-refractivity contribution in [2.24, 2.45) is 0 Å². The van der Waals surface area contributed by atoms with Crippen molar-refractivity contribution < 1.29 is 23.8 Å². The highest BCUT2D eigenvalue weighted by Crippen LogP contribution is 2.33. The van der Waals surface area contributed by atoms with Crippen LogP contribution in [0.25, 0.3) is 33.1 Å².